The highest BCUT2D eigenvalue weighted by Gasteiger charge is 2.50. The minimum absolute atomic E-state index is 0.304. The molecule has 5 rings (SSSR count). The van der Waals surface area contributed by atoms with Crippen molar-refractivity contribution in [2.75, 3.05) is 19.7 Å². The lowest BCUT2D eigenvalue weighted by atomic mass is 9.74. The summed E-state index contributed by atoms with van der Waals surface area (Å²) in [6.45, 7) is 8.81. The number of hydrogen-bond acceptors (Lipinski definition) is 7. The van der Waals surface area contributed by atoms with Crippen LogP contribution in [0.25, 0.3) is 10.9 Å². The summed E-state index contributed by atoms with van der Waals surface area (Å²) in [7, 11) is 1.74. The standard InChI is InChI=1S/C27H34ClN5O4/c1-6-20-24(36-15-16-7-8-16)23(28)19-11-17(9-10-21(19)30-20)27(35,22-12-29-31-32(22)5)18-13-33(14-18)25(34)37-26(2,3)4/h9-12,16,18,35H,6-8,13-15H2,1-5H3. The molecule has 1 aliphatic heterocycles. The number of aliphatic hydroxyl groups is 1. The van der Waals surface area contributed by atoms with E-state index in [1.807, 2.05) is 45.9 Å². The van der Waals surface area contributed by atoms with Crippen LogP contribution in [0.3, 0.4) is 0 Å². The highest BCUT2D eigenvalue weighted by Crippen LogP contribution is 2.44. The van der Waals surface area contributed by atoms with E-state index < -0.39 is 17.3 Å². The maximum absolute atomic E-state index is 12.6. The number of nitrogens with zero attached hydrogens (tertiary/aromatic N) is 5. The van der Waals surface area contributed by atoms with Crippen LogP contribution < -0.4 is 4.74 Å². The number of likely N-dealkylation sites (tertiary alicyclic amines) is 1. The Morgan fingerprint density at radius 1 is 1.24 bits per heavy atom. The van der Waals surface area contributed by atoms with Gasteiger partial charge in [-0.3, -0.25) is 0 Å². The summed E-state index contributed by atoms with van der Waals surface area (Å²) >= 11 is 6.92. The summed E-state index contributed by atoms with van der Waals surface area (Å²) in [6.07, 6.45) is 4.22. The Morgan fingerprint density at radius 3 is 2.57 bits per heavy atom. The molecule has 1 aromatic carbocycles. The molecule has 2 aliphatic rings. The van der Waals surface area contributed by atoms with Gasteiger partial charge in [0.2, 0.25) is 0 Å². The van der Waals surface area contributed by atoms with Crippen LogP contribution in [-0.4, -0.2) is 61.4 Å². The van der Waals surface area contributed by atoms with Crippen LogP contribution in [-0.2, 0) is 23.8 Å². The number of fused-ring (bicyclic) bond motifs is 1. The van der Waals surface area contributed by atoms with Crippen molar-refractivity contribution < 1.29 is 19.4 Å². The number of amides is 1. The maximum atomic E-state index is 12.6. The van der Waals surface area contributed by atoms with E-state index in [2.05, 4.69) is 10.3 Å². The molecule has 0 bridgehead atoms. The van der Waals surface area contributed by atoms with Gasteiger partial charge in [-0.25, -0.2) is 14.5 Å². The SMILES string of the molecule is CCc1nc2ccc(C(O)(c3cnnn3C)C3CN(C(=O)OC(C)(C)C)C3)cc2c(Cl)c1OCC1CC1. The number of rotatable bonds is 7. The third-order valence-electron chi connectivity index (χ3n) is 7.11. The molecule has 1 atom stereocenters. The Labute approximate surface area is 221 Å². The second-order valence-electron chi connectivity index (χ2n) is 11.1. The van der Waals surface area contributed by atoms with Crippen molar-refractivity contribution in [3.63, 3.8) is 0 Å². The molecule has 3 heterocycles. The maximum Gasteiger partial charge on any atom is 0.410 e. The van der Waals surface area contributed by atoms with Gasteiger partial charge in [0.1, 0.15) is 11.2 Å². The molecule has 198 valence electrons. The van der Waals surface area contributed by atoms with E-state index in [1.54, 1.807) is 22.8 Å². The van der Waals surface area contributed by atoms with E-state index in [0.717, 1.165) is 11.2 Å². The number of carbonyl (C=O) groups is 1. The van der Waals surface area contributed by atoms with Crippen molar-refractivity contribution in [3.05, 3.63) is 46.4 Å². The van der Waals surface area contributed by atoms with Crippen LogP contribution in [0.2, 0.25) is 5.02 Å². The molecule has 3 aromatic rings. The summed E-state index contributed by atoms with van der Waals surface area (Å²) in [4.78, 5) is 19.0. The van der Waals surface area contributed by atoms with Crippen LogP contribution in [0.5, 0.6) is 5.75 Å². The number of aryl methyl sites for hydroxylation is 2. The predicted octanol–water partition coefficient (Wildman–Crippen LogP) is 4.47. The van der Waals surface area contributed by atoms with E-state index in [4.69, 9.17) is 26.1 Å². The number of pyridine rings is 1. The van der Waals surface area contributed by atoms with Crippen molar-refractivity contribution >= 4 is 28.6 Å². The lowest BCUT2D eigenvalue weighted by molar-refractivity contribution is -0.0725. The van der Waals surface area contributed by atoms with Crippen LogP contribution in [0.4, 0.5) is 4.79 Å². The number of benzene rings is 1. The Balaban J connectivity index is 1.52. The first-order valence-corrected chi connectivity index (χ1v) is 13.2. The van der Waals surface area contributed by atoms with Crippen LogP contribution in [0.1, 0.15) is 57.5 Å². The Hall–Kier alpha value is -2.91. The smallest absolute Gasteiger partial charge is 0.410 e. The number of hydrogen-bond donors (Lipinski definition) is 1. The minimum atomic E-state index is -1.47. The third-order valence-corrected chi connectivity index (χ3v) is 7.49. The Morgan fingerprint density at radius 2 is 1.97 bits per heavy atom. The Kier molecular flexibility index (Phi) is 6.56. The monoisotopic (exact) mass is 527 g/mol. The van der Waals surface area contributed by atoms with E-state index >= 15 is 0 Å². The molecule has 9 nitrogen and oxygen atoms in total. The van der Waals surface area contributed by atoms with E-state index in [-0.39, 0.29) is 5.92 Å². The van der Waals surface area contributed by atoms with Gasteiger partial charge in [-0.2, -0.15) is 0 Å². The van der Waals surface area contributed by atoms with Crippen LogP contribution in [0, 0.1) is 11.8 Å². The molecule has 2 aromatic heterocycles. The van der Waals surface area contributed by atoms with Gasteiger partial charge in [0.15, 0.2) is 5.75 Å². The molecule has 0 spiro atoms. The van der Waals surface area contributed by atoms with Crippen LogP contribution in [0.15, 0.2) is 24.4 Å². The molecule has 2 fully saturated rings. The van der Waals surface area contributed by atoms with Gasteiger partial charge >= 0.3 is 6.09 Å². The Bertz CT molecular complexity index is 1330. The van der Waals surface area contributed by atoms with Gasteiger partial charge in [0, 0.05) is 31.4 Å². The molecular formula is C27H34ClN5O4. The van der Waals surface area contributed by atoms with E-state index in [1.165, 1.54) is 12.8 Å². The zero-order chi connectivity index (χ0) is 26.5. The van der Waals surface area contributed by atoms with Crippen molar-refractivity contribution in [1.82, 2.24) is 24.9 Å². The van der Waals surface area contributed by atoms with Gasteiger partial charge in [0.05, 0.1) is 34.7 Å². The zero-order valence-corrected chi connectivity index (χ0v) is 22.7. The first kappa shape index (κ1) is 25.7. The minimum Gasteiger partial charge on any atom is -0.490 e. The fraction of sp³-hybridized carbons (Fsp3) is 0.556. The number of halogens is 1. The predicted molar refractivity (Wildman–Crippen MR) is 140 cm³/mol. The van der Waals surface area contributed by atoms with Crippen molar-refractivity contribution in [3.8, 4) is 5.75 Å². The first-order chi connectivity index (χ1) is 17.5. The summed E-state index contributed by atoms with van der Waals surface area (Å²) in [6, 6.07) is 5.61. The number of aromatic nitrogens is 4. The van der Waals surface area contributed by atoms with Gasteiger partial charge in [-0.15, -0.1) is 5.10 Å². The summed E-state index contributed by atoms with van der Waals surface area (Å²) < 4.78 is 13.2. The van der Waals surface area contributed by atoms with Gasteiger partial charge in [-0.05, 0) is 63.6 Å². The van der Waals surface area contributed by atoms with Crippen LogP contribution >= 0.6 is 11.6 Å². The molecule has 37 heavy (non-hydrogen) atoms. The second-order valence-corrected chi connectivity index (χ2v) is 11.5. The highest BCUT2D eigenvalue weighted by atomic mass is 35.5. The summed E-state index contributed by atoms with van der Waals surface area (Å²) in [5.41, 5.74) is 0.652. The first-order valence-electron chi connectivity index (χ1n) is 12.8. The molecule has 1 N–H and O–H groups in total. The molecule has 0 radical (unpaired) electrons. The molecule has 1 aliphatic carbocycles. The molecule has 1 unspecified atom stereocenters. The van der Waals surface area contributed by atoms with E-state index in [9.17, 15) is 9.90 Å². The van der Waals surface area contributed by atoms with Crippen molar-refractivity contribution in [2.24, 2.45) is 18.9 Å². The topological polar surface area (TPSA) is 103 Å². The lowest BCUT2D eigenvalue weighted by Gasteiger charge is -2.47. The molecular weight excluding hydrogens is 494 g/mol. The number of carbonyl (C=O) groups excluding carboxylic acids is 1. The van der Waals surface area contributed by atoms with Gasteiger partial charge in [-0.1, -0.05) is 29.8 Å². The largest absolute Gasteiger partial charge is 0.490 e. The number of ether oxygens (including phenoxy) is 2. The summed E-state index contributed by atoms with van der Waals surface area (Å²) in [5, 5.41) is 21.6. The zero-order valence-electron chi connectivity index (χ0n) is 22.0. The fourth-order valence-corrected chi connectivity index (χ4v) is 5.12. The van der Waals surface area contributed by atoms with Crippen molar-refractivity contribution in [2.45, 2.75) is 58.2 Å². The average Bonchev–Trinajstić information content (AvgIpc) is 3.53. The molecule has 1 amide bonds. The molecule has 1 saturated carbocycles. The normalized spacial score (nSPS) is 18.0. The average molecular weight is 528 g/mol. The third kappa shape index (κ3) is 4.86. The molecule has 10 heteroatoms. The van der Waals surface area contributed by atoms with Crippen molar-refractivity contribution in [1.29, 1.82) is 0 Å². The fourth-order valence-electron chi connectivity index (χ4n) is 4.81. The second kappa shape index (κ2) is 9.44. The van der Waals surface area contributed by atoms with E-state index in [0.29, 0.717) is 59.5 Å². The summed E-state index contributed by atoms with van der Waals surface area (Å²) in [5.74, 6) is 0.893. The molecule has 1 saturated heterocycles. The van der Waals surface area contributed by atoms with Gasteiger partial charge < -0.3 is 19.5 Å². The lowest BCUT2D eigenvalue weighted by Crippen LogP contribution is -2.59. The van der Waals surface area contributed by atoms with Gasteiger partial charge in [0.25, 0.3) is 0 Å². The quantitative estimate of drug-likeness (QED) is 0.483. The highest BCUT2D eigenvalue weighted by molar-refractivity contribution is 6.37.